The lowest BCUT2D eigenvalue weighted by Crippen LogP contribution is -2.22. The summed E-state index contributed by atoms with van der Waals surface area (Å²) in [5, 5.41) is 7.53. The maximum atomic E-state index is 14.3. The molecule has 0 bridgehead atoms. The summed E-state index contributed by atoms with van der Waals surface area (Å²) in [6, 6.07) is 18.6. The quantitative estimate of drug-likeness (QED) is 0.252. The topological polar surface area (TPSA) is 94.1 Å². The van der Waals surface area contributed by atoms with Crippen molar-refractivity contribution in [3.05, 3.63) is 95.7 Å². The fourth-order valence-electron chi connectivity index (χ4n) is 4.02. The monoisotopic (exact) mass is 440 g/mol. The van der Waals surface area contributed by atoms with E-state index in [1.54, 1.807) is 30.5 Å². The predicted molar refractivity (Wildman–Crippen MR) is 124 cm³/mol. The van der Waals surface area contributed by atoms with E-state index in [0.717, 1.165) is 22.3 Å². The normalized spacial score (nSPS) is 14.1. The van der Waals surface area contributed by atoms with Crippen molar-refractivity contribution in [1.82, 2.24) is 9.97 Å². The third-order valence-corrected chi connectivity index (χ3v) is 5.71. The molecule has 0 saturated heterocycles. The van der Waals surface area contributed by atoms with Crippen LogP contribution < -0.4 is 10.5 Å². The van der Waals surface area contributed by atoms with E-state index >= 15 is 0 Å². The number of rotatable bonds is 4. The number of pyridine rings is 2. The molecule has 0 radical (unpaired) electrons. The maximum Gasteiger partial charge on any atom is 0.279 e. The molecule has 5 rings (SSSR count). The van der Waals surface area contributed by atoms with Crippen LogP contribution in [0.1, 0.15) is 22.6 Å². The van der Waals surface area contributed by atoms with Gasteiger partial charge in [-0.2, -0.15) is 4.39 Å². The molecule has 0 spiro atoms. The molecule has 3 N–H and O–H groups in total. The minimum Gasteiger partial charge on any atom is -0.465 e. The second-order valence-corrected chi connectivity index (χ2v) is 7.91. The molecule has 7 heteroatoms. The highest BCUT2D eigenvalue weighted by Crippen LogP contribution is 2.45. The van der Waals surface area contributed by atoms with E-state index in [4.69, 9.17) is 20.6 Å². The standard InChI is InChI=1S/C26H21FN4O2/c1-15-4-6-16(7-5-15)18-12-21-22(14-32-26(28)29)20-11-17(19-3-2-10-30-24(19)27)8-9-23(20)33-25(21)31-13-18/h2-13,22H,14H2,1H3,(H3,28,29)/t22-/m1/s1. The molecule has 4 aromatic rings. The third kappa shape index (κ3) is 4.01. The lowest BCUT2D eigenvalue weighted by atomic mass is 9.87. The number of nitrogens with zero attached hydrogens (tertiary/aromatic N) is 2. The first-order valence-electron chi connectivity index (χ1n) is 10.5. The van der Waals surface area contributed by atoms with Gasteiger partial charge in [-0.3, -0.25) is 5.41 Å². The van der Waals surface area contributed by atoms with E-state index < -0.39 is 5.95 Å². The van der Waals surface area contributed by atoms with Crippen LogP contribution >= 0.6 is 0 Å². The van der Waals surface area contributed by atoms with Crippen LogP contribution in [-0.4, -0.2) is 22.6 Å². The highest BCUT2D eigenvalue weighted by molar-refractivity contribution is 5.71. The molecule has 3 heterocycles. The van der Waals surface area contributed by atoms with Crippen LogP contribution in [0.5, 0.6) is 11.6 Å². The number of halogens is 1. The maximum absolute atomic E-state index is 14.3. The zero-order valence-electron chi connectivity index (χ0n) is 17.9. The molecule has 1 aliphatic heterocycles. The Morgan fingerprint density at radius 2 is 1.79 bits per heavy atom. The average molecular weight is 440 g/mol. The Hall–Kier alpha value is -4.26. The summed E-state index contributed by atoms with van der Waals surface area (Å²) in [5.41, 5.74) is 11.3. The Balaban J connectivity index is 1.61. The van der Waals surface area contributed by atoms with Crippen molar-refractivity contribution in [1.29, 1.82) is 5.41 Å². The van der Waals surface area contributed by atoms with Crippen molar-refractivity contribution in [2.45, 2.75) is 12.8 Å². The number of nitrogens with one attached hydrogen (secondary N) is 1. The van der Waals surface area contributed by atoms with E-state index in [1.807, 2.05) is 43.3 Å². The first-order valence-corrected chi connectivity index (χ1v) is 10.5. The Kier molecular flexibility index (Phi) is 5.22. The summed E-state index contributed by atoms with van der Waals surface area (Å²) >= 11 is 0. The zero-order valence-corrected chi connectivity index (χ0v) is 17.9. The molecular weight excluding hydrogens is 419 g/mol. The predicted octanol–water partition coefficient (Wildman–Crippen LogP) is 5.41. The smallest absolute Gasteiger partial charge is 0.279 e. The zero-order chi connectivity index (χ0) is 22.9. The first-order chi connectivity index (χ1) is 16.0. The van der Waals surface area contributed by atoms with Gasteiger partial charge in [-0.05, 0) is 48.4 Å². The summed E-state index contributed by atoms with van der Waals surface area (Å²) in [6.45, 7) is 2.16. The van der Waals surface area contributed by atoms with Gasteiger partial charge in [0, 0.05) is 34.6 Å². The molecule has 1 atom stereocenters. The summed E-state index contributed by atoms with van der Waals surface area (Å²) < 4.78 is 25.8. The van der Waals surface area contributed by atoms with Gasteiger partial charge in [0.05, 0.1) is 5.92 Å². The number of aromatic nitrogens is 2. The third-order valence-electron chi connectivity index (χ3n) is 5.71. The number of hydrogen-bond acceptors (Lipinski definition) is 5. The molecule has 2 aromatic carbocycles. The second-order valence-electron chi connectivity index (χ2n) is 7.91. The number of ether oxygens (including phenoxy) is 2. The van der Waals surface area contributed by atoms with Crippen LogP contribution in [0.3, 0.4) is 0 Å². The van der Waals surface area contributed by atoms with Crippen molar-refractivity contribution in [3.63, 3.8) is 0 Å². The Morgan fingerprint density at radius 1 is 1.03 bits per heavy atom. The van der Waals surface area contributed by atoms with Gasteiger partial charge in [0.1, 0.15) is 12.4 Å². The molecule has 164 valence electrons. The van der Waals surface area contributed by atoms with E-state index in [-0.39, 0.29) is 18.5 Å². The molecular formula is C26H21FN4O2. The first kappa shape index (κ1) is 20.6. The van der Waals surface area contributed by atoms with Gasteiger partial charge in [0.2, 0.25) is 11.8 Å². The summed E-state index contributed by atoms with van der Waals surface area (Å²) in [6.07, 6.45) is 3.19. The highest BCUT2D eigenvalue weighted by atomic mass is 19.1. The largest absolute Gasteiger partial charge is 0.465 e. The van der Waals surface area contributed by atoms with Crippen molar-refractivity contribution >= 4 is 6.02 Å². The van der Waals surface area contributed by atoms with Gasteiger partial charge in [-0.1, -0.05) is 35.9 Å². The number of amidine groups is 1. The molecule has 0 aliphatic carbocycles. The van der Waals surface area contributed by atoms with E-state index in [9.17, 15) is 4.39 Å². The van der Waals surface area contributed by atoms with Crippen molar-refractivity contribution in [3.8, 4) is 33.9 Å². The van der Waals surface area contributed by atoms with Crippen LogP contribution in [0.2, 0.25) is 0 Å². The summed E-state index contributed by atoms with van der Waals surface area (Å²) in [4.78, 5) is 8.31. The van der Waals surface area contributed by atoms with Gasteiger partial charge in [0.15, 0.2) is 0 Å². The van der Waals surface area contributed by atoms with Crippen LogP contribution in [0, 0.1) is 18.3 Å². The molecule has 0 saturated carbocycles. The van der Waals surface area contributed by atoms with Crippen LogP contribution in [0.15, 0.2) is 73.1 Å². The van der Waals surface area contributed by atoms with Crippen molar-refractivity contribution in [2.24, 2.45) is 5.73 Å². The van der Waals surface area contributed by atoms with E-state index in [0.29, 0.717) is 22.8 Å². The Bertz CT molecular complexity index is 1360. The molecule has 6 nitrogen and oxygen atoms in total. The Labute approximate surface area is 190 Å². The molecule has 0 amide bonds. The van der Waals surface area contributed by atoms with E-state index in [1.165, 1.54) is 11.8 Å². The van der Waals surface area contributed by atoms with Gasteiger partial charge in [0.25, 0.3) is 6.02 Å². The molecule has 0 unspecified atom stereocenters. The van der Waals surface area contributed by atoms with Crippen molar-refractivity contribution < 1.29 is 13.9 Å². The van der Waals surface area contributed by atoms with Crippen LogP contribution in [0.25, 0.3) is 22.3 Å². The number of nitrogens with two attached hydrogens (primary N) is 1. The van der Waals surface area contributed by atoms with E-state index in [2.05, 4.69) is 9.97 Å². The van der Waals surface area contributed by atoms with Crippen LogP contribution in [-0.2, 0) is 4.74 Å². The number of aryl methyl sites for hydroxylation is 1. The number of benzene rings is 2. The highest BCUT2D eigenvalue weighted by Gasteiger charge is 2.30. The molecule has 33 heavy (non-hydrogen) atoms. The SMILES string of the molecule is Cc1ccc(-c2cnc3c(c2)[C@H](COC(=N)N)c2cc(-c4cccnc4F)ccc2O3)cc1. The molecule has 0 fully saturated rings. The van der Waals surface area contributed by atoms with Crippen LogP contribution in [0.4, 0.5) is 4.39 Å². The minimum atomic E-state index is -0.547. The van der Waals surface area contributed by atoms with Gasteiger partial charge in [-0.15, -0.1) is 0 Å². The Morgan fingerprint density at radius 3 is 2.55 bits per heavy atom. The number of fused-ring (bicyclic) bond motifs is 2. The fourth-order valence-corrected chi connectivity index (χ4v) is 4.02. The average Bonchev–Trinajstić information content (AvgIpc) is 2.82. The summed E-state index contributed by atoms with van der Waals surface area (Å²) in [5.74, 6) is 0.207. The number of hydrogen-bond donors (Lipinski definition) is 2. The fraction of sp³-hybridized carbons (Fsp3) is 0.115. The second kappa shape index (κ2) is 8.35. The van der Waals surface area contributed by atoms with Gasteiger partial charge < -0.3 is 15.2 Å². The molecule has 1 aliphatic rings. The van der Waals surface area contributed by atoms with Gasteiger partial charge >= 0.3 is 0 Å². The van der Waals surface area contributed by atoms with Crippen molar-refractivity contribution in [2.75, 3.05) is 6.61 Å². The molecule has 2 aromatic heterocycles. The summed E-state index contributed by atoms with van der Waals surface area (Å²) in [7, 11) is 0. The lowest BCUT2D eigenvalue weighted by molar-refractivity contribution is 0.273. The lowest BCUT2D eigenvalue weighted by Gasteiger charge is -2.28. The minimum absolute atomic E-state index is 0.122. The van der Waals surface area contributed by atoms with Gasteiger partial charge in [-0.25, -0.2) is 9.97 Å².